The molecule has 0 bridgehead atoms. The highest BCUT2D eigenvalue weighted by Gasteiger charge is 2.10. The van der Waals surface area contributed by atoms with E-state index in [0.29, 0.717) is 39.0 Å². The number of aryl methyl sites for hydroxylation is 1. The second-order valence-electron chi connectivity index (χ2n) is 6.22. The van der Waals surface area contributed by atoms with Gasteiger partial charge in [0.15, 0.2) is 10.9 Å². The molecule has 1 heterocycles. The van der Waals surface area contributed by atoms with Gasteiger partial charge in [-0.1, -0.05) is 29.3 Å². The van der Waals surface area contributed by atoms with Crippen molar-refractivity contribution in [1.29, 1.82) is 0 Å². The number of benzene rings is 2. The van der Waals surface area contributed by atoms with Crippen molar-refractivity contribution < 1.29 is 9.47 Å². The zero-order valence-electron chi connectivity index (χ0n) is 16.1. The van der Waals surface area contributed by atoms with Gasteiger partial charge >= 0.3 is 0 Å². The molecule has 0 amide bonds. The zero-order chi connectivity index (χ0) is 21.0. The van der Waals surface area contributed by atoms with Crippen LogP contribution >= 0.6 is 35.4 Å². The second kappa shape index (κ2) is 9.35. The molecule has 0 radical (unpaired) electrons. The normalized spacial score (nSPS) is 10.5. The molecule has 0 atom stereocenters. The maximum Gasteiger partial charge on any atom is 0.176 e. The Balaban J connectivity index is 1.68. The Morgan fingerprint density at radius 3 is 2.52 bits per heavy atom. The lowest BCUT2D eigenvalue weighted by Crippen LogP contribution is -2.20. The number of hydrogen-bond acceptors (Lipinski definition) is 4. The summed E-state index contributed by atoms with van der Waals surface area (Å²) in [5.74, 6) is 1.95. The van der Waals surface area contributed by atoms with Gasteiger partial charge in [0.1, 0.15) is 11.5 Å². The quantitative estimate of drug-likeness (QED) is 0.492. The molecule has 2 N–H and O–H groups in total. The van der Waals surface area contributed by atoms with Gasteiger partial charge in [-0.2, -0.15) is 5.10 Å². The number of anilines is 2. The van der Waals surface area contributed by atoms with Crippen molar-refractivity contribution >= 4 is 52.0 Å². The van der Waals surface area contributed by atoms with Crippen LogP contribution in [0.3, 0.4) is 0 Å². The lowest BCUT2D eigenvalue weighted by Gasteiger charge is -2.13. The summed E-state index contributed by atoms with van der Waals surface area (Å²) in [5.41, 5.74) is 2.70. The Morgan fingerprint density at radius 2 is 1.83 bits per heavy atom. The number of nitrogens with zero attached hydrogens (tertiary/aromatic N) is 2. The maximum absolute atomic E-state index is 6.10. The van der Waals surface area contributed by atoms with Crippen LogP contribution in [0.2, 0.25) is 10.0 Å². The number of methoxy groups -OCH3 is 2. The van der Waals surface area contributed by atoms with Gasteiger partial charge in [-0.25, -0.2) is 0 Å². The molecule has 2 aromatic carbocycles. The highest BCUT2D eigenvalue weighted by atomic mass is 35.5. The van der Waals surface area contributed by atoms with E-state index in [4.69, 9.17) is 44.9 Å². The molecular formula is C20H20Cl2N4O2S. The third-order valence-corrected chi connectivity index (χ3v) is 5.14. The van der Waals surface area contributed by atoms with Crippen LogP contribution in [0.15, 0.2) is 42.5 Å². The molecule has 9 heteroatoms. The molecule has 0 saturated heterocycles. The van der Waals surface area contributed by atoms with Gasteiger partial charge in [0, 0.05) is 17.8 Å². The summed E-state index contributed by atoms with van der Waals surface area (Å²) in [6.45, 7) is 2.54. The van der Waals surface area contributed by atoms with E-state index in [1.54, 1.807) is 26.4 Å². The van der Waals surface area contributed by atoms with Crippen molar-refractivity contribution in [1.82, 2.24) is 9.78 Å². The van der Waals surface area contributed by atoms with Gasteiger partial charge < -0.3 is 20.1 Å². The summed E-state index contributed by atoms with van der Waals surface area (Å²) in [4.78, 5) is 0. The van der Waals surface area contributed by atoms with Crippen molar-refractivity contribution in [3.05, 3.63) is 63.8 Å². The lowest BCUT2D eigenvalue weighted by molar-refractivity contribution is 0.395. The maximum atomic E-state index is 6.10. The minimum absolute atomic E-state index is 0.396. The fourth-order valence-electron chi connectivity index (χ4n) is 2.71. The number of ether oxygens (including phenoxy) is 2. The van der Waals surface area contributed by atoms with Crippen molar-refractivity contribution in [2.45, 2.75) is 13.5 Å². The standard InChI is InChI=1S/C20H20Cl2N4O2S/c1-12-8-19(25-26(12)11-13-4-6-15(21)16(22)9-13)24-20(29)23-17-7-5-14(27-2)10-18(17)28-3/h4-10H,11H2,1-3H3,(H2,23,24,25,29). The Morgan fingerprint density at radius 1 is 1.03 bits per heavy atom. The van der Waals surface area contributed by atoms with E-state index in [1.807, 2.05) is 41.9 Å². The van der Waals surface area contributed by atoms with E-state index in [-0.39, 0.29) is 0 Å². The van der Waals surface area contributed by atoms with E-state index < -0.39 is 0 Å². The molecule has 152 valence electrons. The average molecular weight is 451 g/mol. The minimum Gasteiger partial charge on any atom is -0.497 e. The molecule has 3 rings (SSSR count). The van der Waals surface area contributed by atoms with Crippen LogP contribution in [-0.2, 0) is 6.54 Å². The largest absolute Gasteiger partial charge is 0.497 e. The van der Waals surface area contributed by atoms with Crippen LogP contribution in [0, 0.1) is 6.92 Å². The first-order valence-corrected chi connectivity index (χ1v) is 9.84. The van der Waals surface area contributed by atoms with Crippen molar-refractivity contribution in [2.24, 2.45) is 0 Å². The van der Waals surface area contributed by atoms with Gasteiger partial charge in [0.25, 0.3) is 0 Å². The fraction of sp³-hybridized carbons (Fsp3) is 0.200. The summed E-state index contributed by atoms with van der Waals surface area (Å²) in [6, 6.07) is 12.9. The van der Waals surface area contributed by atoms with Crippen LogP contribution in [0.5, 0.6) is 11.5 Å². The number of halogens is 2. The van der Waals surface area contributed by atoms with Crippen LogP contribution in [0.4, 0.5) is 11.5 Å². The van der Waals surface area contributed by atoms with E-state index >= 15 is 0 Å². The summed E-state index contributed by atoms with van der Waals surface area (Å²) in [7, 11) is 3.19. The average Bonchev–Trinajstić information content (AvgIpc) is 3.03. The Labute approximate surface area is 184 Å². The summed E-state index contributed by atoms with van der Waals surface area (Å²) < 4.78 is 12.4. The molecule has 0 fully saturated rings. The minimum atomic E-state index is 0.396. The molecule has 0 spiro atoms. The SMILES string of the molecule is COc1ccc(NC(=S)Nc2cc(C)n(Cc3ccc(Cl)c(Cl)c3)n2)c(OC)c1. The highest BCUT2D eigenvalue weighted by molar-refractivity contribution is 7.80. The van der Waals surface area contributed by atoms with E-state index in [9.17, 15) is 0 Å². The Bertz CT molecular complexity index is 1040. The molecule has 6 nitrogen and oxygen atoms in total. The number of rotatable bonds is 6. The summed E-state index contributed by atoms with van der Waals surface area (Å²) in [5, 5.41) is 12.2. The fourth-order valence-corrected chi connectivity index (χ4v) is 3.25. The molecule has 0 saturated carbocycles. The Kier molecular flexibility index (Phi) is 6.84. The highest BCUT2D eigenvalue weighted by Crippen LogP contribution is 2.29. The van der Waals surface area contributed by atoms with Gasteiger partial charge in [-0.15, -0.1) is 0 Å². The molecule has 0 aliphatic rings. The lowest BCUT2D eigenvalue weighted by atomic mass is 10.2. The zero-order valence-corrected chi connectivity index (χ0v) is 18.5. The van der Waals surface area contributed by atoms with Crippen molar-refractivity contribution in [3.8, 4) is 11.5 Å². The van der Waals surface area contributed by atoms with Gasteiger partial charge in [-0.3, -0.25) is 4.68 Å². The van der Waals surface area contributed by atoms with Crippen LogP contribution in [0.1, 0.15) is 11.3 Å². The predicted octanol–water partition coefficient (Wildman–Crippen LogP) is 5.37. The first-order chi connectivity index (χ1) is 13.9. The van der Waals surface area contributed by atoms with Crippen LogP contribution < -0.4 is 20.1 Å². The van der Waals surface area contributed by atoms with Gasteiger partial charge in [0.2, 0.25) is 0 Å². The number of hydrogen-bond donors (Lipinski definition) is 2. The number of nitrogens with one attached hydrogen (secondary N) is 2. The molecule has 0 unspecified atom stereocenters. The third kappa shape index (κ3) is 5.32. The smallest absolute Gasteiger partial charge is 0.176 e. The van der Waals surface area contributed by atoms with Crippen LogP contribution in [0.25, 0.3) is 0 Å². The topological polar surface area (TPSA) is 60.3 Å². The monoisotopic (exact) mass is 450 g/mol. The molecule has 3 aromatic rings. The second-order valence-corrected chi connectivity index (χ2v) is 7.45. The predicted molar refractivity (Wildman–Crippen MR) is 122 cm³/mol. The first-order valence-electron chi connectivity index (χ1n) is 8.68. The summed E-state index contributed by atoms with van der Waals surface area (Å²) in [6.07, 6.45) is 0. The molecule has 0 aliphatic carbocycles. The first kappa shape index (κ1) is 21.2. The van der Waals surface area contributed by atoms with Crippen molar-refractivity contribution in [3.63, 3.8) is 0 Å². The van der Waals surface area contributed by atoms with E-state index in [1.165, 1.54) is 0 Å². The Hall–Kier alpha value is -2.48. The van der Waals surface area contributed by atoms with Gasteiger partial charge in [-0.05, 0) is 49.0 Å². The molecule has 0 aliphatic heterocycles. The van der Waals surface area contributed by atoms with E-state index in [0.717, 1.165) is 16.9 Å². The van der Waals surface area contributed by atoms with E-state index in [2.05, 4.69) is 15.7 Å². The number of thiocarbonyl (C=S) groups is 1. The molecule has 29 heavy (non-hydrogen) atoms. The van der Waals surface area contributed by atoms with Crippen LogP contribution in [-0.4, -0.2) is 29.1 Å². The third-order valence-electron chi connectivity index (χ3n) is 4.20. The summed E-state index contributed by atoms with van der Waals surface area (Å²) >= 11 is 17.5. The van der Waals surface area contributed by atoms with Gasteiger partial charge in [0.05, 0.1) is 36.5 Å². The molecular weight excluding hydrogens is 431 g/mol. The van der Waals surface area contributed by atoms with Crippen molar-refractivity contribution in [2.75, 3.05) is 24.9 Å². The number of aromatic nitrogens is 2. The molecule has 1 aromatic heterocycles.